The Kier molecular flexibility index (Phi) is 4.76. The Labute approximate surface area is 139 Å². The number of fused-ring (bicyclic) bond motifs is 2. The number of hydrogen-bond acceptors (Lipinski definition) is 3. The monoisotopic (exact) mass is 315 g/mol. The third-order valence-corrected chi connectivity index (χ3v) is 5.22. The minimum absolute atomic E-state index is 0.118. The van der Waals surface area contributed by atoms with E-state index in [9.17, 15) is 0 Å². The van der Waals surface area contributed by atoms with Crippen molar-refractivity contribution >= 4 is 10.9 Å². The molecule has 0 spiro atoms. The van der Waals surface area contributed by atoms with Crippen LogP contribution in [0.4, 0.5) is 0 Å². The predicted octanol–water partition coefficient (Wildman–Crippen LogP) is 3.25. The van der Waals surface area contributed by atoms with E-state index in [1.807, 2.05) is 6.92 Å². The Morgan fingerprint density at radius 1 is 1.22 bits per heavy atom. The molecule has 3 rings (SSSR count). The molecule has 2 aromatic rings. The average Bonchev–Trinajstić information content (AvgIpc) is 3.04. The molecule has 0 fully saturated rings. The molecule has 0 radical (unpaired) electrons. The summed E-state index contributed by atoms with van der Waals surface area (Å²) >= 11 is 0. The molecular formula is C19H29N3O. The first-order chi connectivity index (χ1) is 11.1. The average molecular weight is 315 g/mol. The molecule has 4 heteroatoms. The van der Waals surface area contributed by atoms with Crippen LogP contribution in [-0.4, -0.2) is 29.2 Å². The zero-order valence-electron chi connectivity index (χ0n) is 14.9. The van der Waals surface area contributed by atoms with Crippen LogP contribution in [0.3, 0.4) is 0 Å². The van der Waals surface area contributed by atoms with Crippen molar-refractivity contribution in [1.82, 2.24) is 9.47 Å². The Balaban J connectivity index is 1.94. The van der Waals surface area contributed by atoms with Gasteiger partial charge in [-0.05, 0) is 49.1 Å². The molecule has 2 heterocycles. The molecule has 1 atom stereocenters. The molecule has 1 unspecified atom stereocenters. The molecule has 2 N–H and O–H groups in total. The second kappa shape index (κ2) is 6.63. The smallest absolute Gasteiger partial charge is 0.0593 e. The van der Waals surface area contributed by atoms with Gasteiger partial charge in [0.1, 0.15) is 0 Å². The lowest BCUT2D eigenvalue weighted by Crippen LogP contribution is -2.21. The lowest BCUT2D eigenvalue weighted by atomic mass is 9.99. The van der Waals surface area contributed by atoms with Crippen LogP contribution in [0.5, 0.6) is 0 Å². The Bertz CT molecular complexity index is 704. The molecule has 1 aromatic carbocycles. The number of rotatable bonds is 6. The lowest BCUT2D eigenvalue weighted by molar-refractivity contribution is 0.113. The highest BCUT2D eigenvalue weighted by Gasteiger charge is 2.23. The van der Waals surface area contributed by atoms with Crippen molar-refractivity contribution in [2.75, 3.05) is 19.8 Å². The van der Waals surface area contributed by atoms with Crippen LogP contribution in [0.2, 0.25) is 0 Å². The van der Waals surface area contributed by atoms with Crippen LogP contribution in [0, 0.1) is 6.92 Å². The minimum Gasteiger partial charge on any atom is -0.380 e. The predicted molar refractivity (Wildman–Crippen MR) is 95.5 cm³/mol. The van der Waals surface area contributed by atoms with Gasteiger partial charge in [0.15, 0.2) is 0 Å². The van der Waals surface area contributed by atoms with Crippen molar-refractivity contribution in [2.24, 2.45) is 12.8 Å². The number of nitrogens with two attached hydrogens (primary N) is 1. The summed E-state index contributed by atoms with van der Waals surface area (Å²) in [4.78, 5) is 2.46. The largest absolute Gasteiger partial charge is 0.380 e. The van der Waals surface area contributed by atoms with E-state index in [0.29, 0.717) is 0 Å². The summed E-state index contributed by atoms with van der Waals surface area (Å²) in [6, 6.07) is 4.86. The zero-order chi connectivity index (χ0) is 16.6. The SMILES string of the molecule is CCOCCN1Cc2cc3c(C(N)CC)c(C)n(C)c3cc2C1. The number of benzene rings is 1. The van der Waals surface area contributed by atoms with Gasteiger partial charge in [-0.3, -0.25) is 4.90 Å². The van der Waals surface area contributed by atoms with Crippen molar-refractivity contribution in [3.8, 4) is 0 Å². The quantitative estimate of drug-likeness (QED) is 0.832. The van der Waals surface area contributed by atoms with Crippen LogP contribution in [0.25, 0.3) is 10.9 Å². The fourth-order valence-corrected chi connectivity index (χ4v) is 3.73. The number of aromatic nitrogens is 1. The van der Waals surface area contributed by atoms with E-state index in [0.717, 1.165) is 39.3 Å². The molecule has 1 aromatic heterocycles. The first kappa shape index (κ1) is 16.5. The van der Waals surface area contributed by atoms with Crippen LogP contribution in [-0.2, 0) is 24.9 Å². The molecule has 0 saturated heterocycles. The summed E-state index contributed by atoms with van der Waals surface area (Å²) < 4.78 is 7.79. The van der Waals surface area contributed by atoms with Gasteiger partial charge >= 0.3 is 0 Å². The molecule has 0 aliphatic carbocycles. The Hall–Kier alpha value is -1.36. The molecule has 23 heavy (non-hydrogen) atoms. The first-order valence-electron chi connectivity index (χ1n) is 8.73. The van der Waals surface area contributed by atoms with E-state index in [2.05, 4.69) is 42.5 Å². The van der Waals surface area contributed by atoms with Gasteiger partial charge in [-0.15, -0.1) is 0 Å². The third kappa shape index (κ3) is 2.91. The van der Waals surface area contributed by atoms with E-state index < -0.39 is 0 Å². The van der Waals surface area contributed by atoms with Gasteiger partial charge < -0.3 is 15.0 Å². The van der Waals surface area contributed by atoms with Crippen LogP contribution in [0.1, 0.15) is 48.7 Å². The fourth-order valence-electron chi connectivity index (χ4n) is 3.73. The van der Waals surface area contributed by atoms with Crippen LogP contribution in [0.15, 0.2) is 12.1 Å². The Morgan fingerprint density at radius 3 is 2.57 bits per heavy atom. The van der Waals surface area contributed by atoms with Gasteiger partial charge in [-0.25, -0.2) is 0 Å². The second-order valence-corrected chi connectivity index (χ2v) is 6.62. The zero-order valence-corrected chi connectivity index (χ0v) is 14.9. The number of hydrogen-bond donors (Lipinski definition) is 1. The minimum atomic E-state index is 0.118. The second-order valence-electron chi connectivity index (χ2n) is 6.62. The standard InChI is InChI=1S/C19H29N3O/c1-5-17(20)19-13(3)21(4)18-10-15-12-22(7-8-23-6-2)11-14(15)9-16(18)19/h9-10,17H,5-8,11-12,20H2,1-4H3. The summed E-state index contributed by atoms with van der Waals surface area (Å²) in [6.07, 6.45) is 0.970. The highest BCUT2D eigenvalue weighted by Crippen LogP contribution is 2.35. The topological polar surface area (TPSA) is 43.4 Å². The maximum absolute atomic E-state index is 6.39. The molecule has 4 nitrogen and oxygen atoms in total. The summed E-state index contributed by atoms with van der Waals surface area (Å²) in [5.74, 6) is 0. The van der Waals surface area contributed by atoms with E-state index in [-0.39, 0.29) is 6.04 Å². The number of aryl methyl sites for hydroxylation is 1. The molecule has 0 saturated carbocycles. The summed E-state index contributed by atoms with van der Waals surface area (Å²) in [7, 11) is 2.15. The van der Waals surface area contributed by atoms with Gasteiger partial charge in [-0.1, -0.05) is 6.92 Å². The molecule has 0 bridgehead atoms. The number of nitrogens with zero attached hydrogens (tertiary/aromatic N) is 2. The third-order valence-electron chi connectivity index (χ3n) is 5.22. The van der Waals surface area contributed by atoms with E-state index in [1.165, 1.54) is 33.3 Å². The van der Waals surface area contributed by atoms with E-state index >= 15 is 0 Å². The highest BCUT2D eigenvalue weighted by molar-refractivity contribution is 5.87. The fraction of sp³-hybridized carbons (Fsp3) is 0.579. The molecular weight excluding hydrogens is 286 g/mol. The van der Waals surface area contributed by atoms with Gasteiger partial charge in [-0.2, -0.15) is 0 Å². The normalized spacial score (nSPS) is 16.2. The van der Waals surface area contributed by atoms with Crippen molar-refractivity contribution in [1.29, 1.82) is 0 Å². The van der Waals surface area contributed by atoms with Gasteiger partial charge in [0.2, 0.25) is 0 Å². The van der Waals surface area contributed by atoms with Gasteiger partial charge in [0.05, 0.1) is 6.61 Å². The summed E-state index contributed by atoms with van der Waals surface area (Å²) in [5, 5.41) is 1.34. The van der Waals surface area contributed by atoms with Crippen molar-refractivity contribution in [3.63, 3.8) is 0 Å². The number of ether oxygens (including phenoxy) is 1. The molecule has 1 aliphatic rings. The van der Waals surface area contributed by atoms with Gasteiger partial charge in [0.25, 0.3) is 0 Å². The van der Waals surface area contributed by atoms with Crippen molar-refractivity contribution in [2.45, 2.75) is 46.3 Å². The molecule has 1 aliphatic heterocycles. The van der Waals surface area contributed by atoms with Crippen molar-refractivity contribution < 1.29 is 4.74 Å². The maximum Gasteiger partial charge on any atom is 0.0593 e. The van der Waals surface area contributed by atoms with E-state index in [1.54, 1.807) is 0 Å². The summed E-state index contributed by atoms with van der Waals surface area (Å²) in [5.41, 5.74) is 13.2. The van der Waals surface area contributed by atoms with Crippen LogP contribution < -0.4 is 5.73 Å². The van der Waals surface area contributed by atoms with Crippen molar-refractivity contribution in [3.05, 3.63) is 34.5 Å². The summed E-state index contributed by atoms with van der Waals surface area (Å²) in [6.45, 7) is 11.0. The maximum atomic E-state index is 6.39. The Morgan fingerprint density at radius 2 is 1.91 bits per heavy atom. The molecule has 126 valence electrons. The highest BCUT2D eigenvalue weighted by atomic mass is 16.5. The molecule has 0 amide bonds. The van der Waals surface area contributed by atoms with Gasteiger partial charge in [0, 0.05) is 55.9 Å². The first-order valence-corrected chi connectivity index (χ1v) is 8.73. The lowest BCUT2D eigenvalue weighted by Gasteiger charge is -2.14. The van der Waals surface area contributed by atoms with E-state index in [4.69, 9.17) is 10.5 Å². The van der Waals surface area contributed by atoms with Crippen LogP contribution >= 0.6 is 0 Å².